The lowest BCUT2D eigenvalue weighted by atomic mass is 10.2. The van der Waals surface area contributed by atoms with Crippen molar-refractivity contribution in [3.8, 4) is 11.5 Å². The van der Waals surface area contributed by atoms with Gasteiger partial charge in [-0.2, -0.15) is 0 Å². The minimum atomic E-state index is -0.289. The van der Waals surface area contributed by atoms with Gasteiger partial charge in [-0.05, 0) is 64.3 Å². The Morgan fingerprint density at radius 2 is 2.14 bits per heavy atom. The summed E-state index contributed by atoms with van der Waals surface area (Å²) in [5.41, 5.74) is 2.48. The van der Waals surface area contributed by atoms with Crippen LogP contribution in [0.1, 0.15) is 11.1 Å². The maximum Gasteiger partial charge on any atom is 0.263 e. The number of methoxy groups -OCH3 is 1. The fraction of sp³-hybridized carbons (Fsp3) is 0.150. The largest absolute Gasteiger partial charge is 0.493 e. The van der Waals surface area contributed by atoms with Crippen LogP contribution in [0.5, 0.6) is 11.5 Å². The van der Waals surface area contributed by atoms with Crippen LogP contribution in [0.4, 0.5) is 5.69 Å². The second kappa shape index (κ2) is 9.43. The molecular formula is C20H17BrN2O4S2. The van der Waals surface area contributed by atoms with Crippen molar-refractivity contribution in [2.75, 3.05) is 19.0 Å². The van der Waals surface area contributed by atoms with E-state index < -0.39 is 0 Å². The Hall–Kier alpha value is -2.36. The highest BCUT2D eigenvalue weighted by atomic mass is 79.9. The number of benzene rings is 2. The molecule has 1 aliphatic rings. The van der Waals surface area contributed by atoms with Crippen LogP contribution in [0, 0.1) is 6.92 Å². The smallest absolute Gasteiger partial charge is 0.263 e. The fourth-order valence-electron chi connectivity index (χ4n) is 2.59. The van der Waals surface area contributed by atoms with Gasteiger partial charge in [0.05, 0.1) is 16.5 Å². The van der Waals surface area contributed by atoms with Crippen molar-refractivity contribution in [1.29, 1.82) is 0 Å². The first kappa shape index (κ1) is 21.4. The second-order valence-electron chi connectivity index (χ2n) is 6.09. The fourth-order valence-corrected chi connectivity index (χ4v) is 4.21. The number of hydrogen-bond donors (Lipinski definition) is 2. The summed E-state index contributed by atoms with van der Waals surface area (Å²) in [6, 6.07) is 11.0. The molecule has 1 heterocycles. The van der Waals surface area contributed by atoms with Gasteiger partial charge < -0.3 is 20.1 Å². The first-order valence-electron chi connectivity index (χ1n) is 8.47. The van der Waals surface area contributed by atoms with E-state index in [1.807, 2.05) is 31.2 Å². The summed E-state index contributed by atoms with van der Waals surface area (Å²) >= 11 is 9.64. The van der Waals surface area contributed by atoms with Crippen LogP contribution in [0.25, 0.3) is 6.08 Å². The Morgan fingerprint density at radius 3 is 2.79 bits per heavy atom. The number of halogens is 1. The molecule has 3 rings (SSSR count). The van der Waals surface area contributed by atoms with Crippen LogP contribution in [0.3, 0.4) is 0 Å². The van der Waals surface area contributed by atoms with Crippen molar-refractivity contribution in [2.45, 2.75) is 6.92 Å². The van der Waals surface area contributed by atoms with Crippen molar-refractivity contribution >= 4 is 67.8 Å². The second-order valence-corrected chi connectivity index (χ2v) is 8.67. The van der Waals surface area contributed by atoms with Gasteiger partial charge in [0, 0.05) is 5.69 Å². The molecule has 2 N–H and O–H groups in total. The maximum absolute atomic E-state index is 12.2. The van der Waals surface area contributed by atoms with Crippen LogP contribution >= 0.6 is 39.9 Å². The Kier molecular flexibility index (Phi) is 6.94. The Balaban J connectivity index is 1.72. The van der Waals surface area contributed by atoms with E-state index in [0.29, 0.717) is 30.9 Å². The molecule has 2 aromatic rings. The number of amides is 2. The molecule has 0 aliphatic carbocycles. The lowest BCUT2D eigenvalue weighted by molar-refractivity contribution is -0.118. The lowest BCUT2D eigenvalue weighted by Crippen LogP contribution is -2.20. The zero-order chi connectivity index (χ0) is 21.0. The predicted molar refractivity (Wildman–Crippen MR) is 122 cm³/mol. The van der Waals surface area contributed by atoms with Crippen molar-refractivity contribution in [1.82, 2.24) is 5.32 Å². The van der Waals surface area contributed by atoms with Crippen LogP contribution < -0.4 is 20.1 Å². The lowest BCUT2D eigenvalue weighted by Gasteiger charge is -2.14. The molecule has 2 amide bonds. The molecule has 150 valence electrons. The van der Waals surface area contributed by atoms with Gasteiger partial charge in [-0.15, -0.1) is 0 Å². The molecule has 0 atom stereocenters. The molecule has 9 heteroatoms. The first-order valence-corrected chi connectivity index (χ1v) is 10.5. The minimum absolute atomic E-state index is 0.185. The van der Waals surface area contributed by atoms with Crippen molar-refractivity contribution in [3.63, 3.8) is 0 Å². The van der Waals surface area contributed by atoms with Crippen LogP contribution in [-0.2, 0) is 9.59 Å². The van der Waals surface area contributed by atoms with E-state index >= 15 is 0 Å². The van der Waals surface area contributed by atoms with Crippen LogP contribution in [0.15, 0.2) is 45.8 Å². The summed E-state index contributed by atoms with van der Waals surface area (Å²) < 4.78 is 12.1. The van der Waals surface area contributed by atoms with E-state index in [2.05, 4.69) is 26.6 Å². The Bertz CT molecular complexity index is 1020. The third kappa shape index (κ3) is 5.59. The van der Waals surface area contributed by atoms with Crippen LogP contribution in [0.2, 0.25) is 0 Å². The van der Waals surface area contributed by atoms with Crippen molar-refractivity contribution in [3.05, 3.63) is 56.9 Å². The summed E-state index contributed by atoms with van der Waals surface area (Å²) in [6.07, 6.45) is 1.71. The number of thioether (sulfide) groups is 1. The summed E-state index contributed by atoms with van der Waals surface area (Å²) in [6.45, 7) is 1.77. The highest BCUT2D eigenvalue weighted by Gasteiger charge is 2.22. The summed E-state index contributed by atoms with van der Waals surface area (Å²) in [4.78, 5) is 24.6. The molecule has 0 saturated carbocycles. The van der Waals surface area contributed by atoms with E-state index in [0.717, 1.165) is 11.1 Å². The first-order chi connectivity index (χ1) is 13.9. The number of hydrogen-bond acceptors (Lipinski definition) is 6. The number of aryl methyl sites for hydroxylation is 1. The normalized spacial score (nSPS) is 14.7. The number of thiocarbonyl (C=S) groups is 1. The van der Waals surface area contributed by atoms with E-state index in [1.54, 1.807) is 18.2 Å². The van der Waals surface area contributed by atoms with Gasteiger partial charge in [-0.25, -0.2) is 0 Å². The zero-order valence-corrected chi connectivity index (χ0v) is 18.8. The standard InChI is InChI=1S/C20H17BrN2O4S2/c1-11-4-3-5-13(6-11)22-17(24)10-27-18-14(21)7-12(8-15(18)26-2)9-16-19(25)23-20(28)29-16/h3-9H,10H2,1-2H3,(H,22,24)(H,23,25,28)/b16-9-. The van der Waals surface area contributed by atoms with Gasteiger partial charge in [0.1, 0.15) is 4.32 Å². The summed E-state index contributed by atoms with van der Waals surface area (Å²) in [5, 5.41) is 5.36. The number of nitrogens with one attached hydrogen (secondary N) is 2. The average Bonchev–Trinajstić information content (AvgIpc) is 2.97. The number of anilines is 1. The van der Waals surface area contributed by atoms with Crippen LogP contribution in [-0.4, -0.2) is 29.9 Å². The molecule has 6 nitrogen and oxygen atoms in total. The number of carbonyl (C=O) groups is 2. The van der Waals surface area contributed by atoms with Crippen molar-refractivity contribution < 1.29 is 19.1 Å². The number of ether oxygens (including phenoxy) is 2. The van der Waals surface area contributed by atoms with E-state index in [9.17, 15) is 9.59 Å². The van der Waals surface area contributed by atoms with Gasteiger partial charge in [0.2, 0.25) is 0 Å². The molecule has 0 unspecified atom stereocenters. The quantitative estimate of drug-likeness (QED) is 0.463. The monoisotopic (exact) mass is 492 g/mol. The molecule has 0 spiro atoms. The average molecular weight is 493 g/mol. The summed E-state index contributed by atoms with van der Waals surface area (Å²) in [5.74, 6) is 0.306. The highest BCUT2D eigenvalue weighted by molar-refractivity contribution is 9.10. The molecule has 0 radical (unpaired) electrons. The third-order valence-electron chi connectivity index (χ3n) is 3.84. The maximum atomic E-state index is 12.2. The Morgan fingerprint density at radius 1 is 1.34 bits per heavy atom. The molecule has 0 bridgehead atoms. The number of carbonyl (C=O) groups excluding carboxylic acids is 2. The topological polar surface area (TPSA) is 76.7 Å². The SMILES string of the molecule is COc1cc(/C=C2\SC(=S)NC2=O)cc(Br)c1OCC(=O)Nc1cccc(C)c1. The number of rotatable bonds is 6. The minimum Gasteiger partial charge on any atom is -0.493 e. The highest BCUT2D eigenvalue weighted by Crippen LogP contribution is 2.38. The third-order valence-corrected chi connectivity index (χ3v) is 5.59. The van der Waals surface area contributed by atoms with Gasteiger partial charge in [0.25, 0.3) is 11.8 Å². The van der Waals surface area contributed by atoms with Gasteiger partial charge in [0.15, 0.2) is 18.1 Å². The van der Waals surface area contributed by atoms with E-state index in [1.165, 1.54) is 18.9 Å². The molecule has 29 heavy (non-hydrogen) atoms. The molecule has 1 fully saturated rings. The van der Waals surface area contributed by atoms with Gasteiger partial charge in [-0.1, -0.05) is 36.1 Å². The summed E-state index contributed by atoms with van der Waals surface area (Å²) in [7, 11) is 1.50. The Labute approximate surface area is 186 Å². The van der Waals surface area contributed by atoms with E-state index in [4.69, 9.17) is 21.7 Å². The zero-order valence-electron chi connectivity index (χ0n) is 15.6. The molecule has 2 aromatic carbocycles. The van der Waals surface area contributed by atoms with Crippen molar-refractivity contribution in [2.24, 2.45) is 0 Å². The van der Waals surface area contributed by atoms with Gasteiger partial charge >= 0.3 is 0 Å². The molecule has 1 saturated heterocycles. The predicted octanol–water partition coefficient (Wildman–Crippen LogP) is 4.27. The van der Waals surface area contributed by atoms with Gasteiger partial charge in [-0.3, -0.25) is 9.59 Å². The van der Waals surface area contributed by atoms with E-state index in [-0.39, 0.29) is 18.4 Å². The molecular weight excluding hydrogens is 476 g/mol. The molecule has 0 aromatic heterocycles. The molecule has 1 aliphatic heterocycles.